The van der Waals surface area contributed by atoms with E-state index < -0.39 is 12.1 Å². The van der Waals surface area contributed by atoms with Gasteiger partial charge in [0.15, 0.2) is 0 Å². The summed E-state index contributed by atoms with van der Waals surface area (Å²) in [5.41, 5.74) is 7.17. The molecule has 3 atom stereocenters. The number of rotatable bonds is 5. The third-order valence-electron chi connectivity index (χ3n) is 5.40. The zero-order valence-electron chi connectivity index (χ0n) is 14.1. The minimum Gasteiger partial charge on any atom is -0.388 e. The lowest BCUT2D eigenvalue weighted by Crippen LogP contribution is -2.50. The fraction of sp³-hybridized carbons (Fsp3) is 0.632. The maximum Gasteiger partial charge on any atom is 0.240 e. The number of carbonyl (C=O) groups is 1. The summed E-state index contributed by atoms with van der Waals surface area (Å²) in [6.45, 7) is 2.14. The number of benzene rings is 1. The van der Waals surface area contributed by atoms with Crippen molar-refractivity contribution < 1.29 is 14.6 Å². The highest BCUT2D eigenvalue weighted by molar-refractivity contribution is 5.82. The Morgan fingerprint density at radius 2 is 1.96 bits per heavy atom. The van der Waals surface area contributed by atoms with Crippen LogP contribution in [-0.2, 0) is 9.53 Å². The van der Waals surface area contributed by atoms with Gasteiger partial charge in [-0.2, -0.15) is 0 Å². The summed E-state index contributed by atoms with van der Waals surface area (Å²) in [4.78, 5) is 14.8. The number of carbonyl (C=O) groups excluding carboxylic acids is 1. The molecule has 3 N–H and O–H groups in total. The zero-order chi connectivity index (χ0) is 16.9. The van der Waals surface area contributed by atoms with Crippen molar-refractivity contribution in [1.82, 2.24) is 4.90 Å². The molecule has 2 fully saturated rings. The van der Waals surface area contributed by atoms with Crippen LogP contribution in [-0.4, -0.2) is 47.8 Å². The normalized spacial score (nSPS) is 24.8. The van der Waals surface area contributed by atoms with Crippen molar-refractivity contribution in [2.24, 2.45) is 11.7 Å². The highest BCUT2D eigenvalue weighted by Gasteiger charge is 2.36. The Morgan fingerprint density at radius 1 is 1.25 bits per heavy atom. The van der Waals surface area contributed by atoms with Crippen LogP contribution in [0.25, 0.3) is 0 Å². The summed E-state index contributed by atoms with van der Waals surface area (Å²) in [6.07, 6.45) is 3.69. The van der Waals surface area contributed by atoms with Gasteiger partial charge < -0.3 is 20.5 Å². The molecule has 24 heavy (non-hydrogen) atoms. The lowest BCUT2D eigenvalue weighted by Gasteiger charge is -2.33. The SMILES string of the molecule is NC(C(=O)N1CCCC1CC(O)c1ccccc1)C1CCOCC1. The predicted octanol–water partition coefficient (Wildman–Crippen LogP) is 1.85. The summed E-state index contributed by atoms with van der Waals surface area (Å²) in [7, 11) is 0. The Balaban J connectivity index is 1.61. The first-order valence-electron chi connectivity index (χ1n) is 9.03. The number of amides is 1. The van der Waals surface area contributed by atoms with Crippen molar-refractivity contribution in [3.8, 4) is 0 Å². The van der Waals surface area contributed by atoms with Gasteiger partial charge in [-0.1, -0.05) is 30.3 Å². The molecule has 5 nitrogen and oxygen atoms in total. The van der Waals surface area contributed by atoms with E-state index in [1.807, 2.05) is 35.2 Å². The second-order valence-corrected chi connectivity index (χ2v) is 6.97. The van der Waals surface area contributed by atoms with Crippen LogP contribution < -0.4 is 5.73 Å². The molecule has 5 heteroatoms. The van der Waals surface area contributed by atoms with Gasteiger partial charge >= 0.3 is 0 Å². The summed E-state index contributed by atoms with van der Waals surface area (Å²) in [5.74, 6) is 0.260. The average Bonchev–Trinajstić information content (AvgIpc) is 3.10. The number of ether oxygens (including phenoxy) is 1. The first kappa shape index (κ1) is 17.4. The number of aliphatic hydroxyl groups excluding tert-OH is 1. The molecule has 0 bridgehead atoms. The van der Waals surface area contributed by atoms with Crippen molar-refractivity contribution in [3.63, 3.8) is 0 Å². The Labute approximate surface area is 143 Å². The molecular formula is C19H28N2O3. The average molecular weight is 332 g/mol. The van der Waals surface area contributed by atoms with Crippen LogP contribution >= 0.6 is 0 Å². The van der Waals surface area contributed by atoms with Gasteiger partial charge in [-0.25, -0.2) is 0 Å². The second-order valence-electron chi connectivity index (χ2n) is 6.97. The van der Waals surface area contributed by atoms with Gasteiger partial charge in [0.25, 0.3) is 0 Å². The standard InChI is InChI=1S/C19H28N2O3/c20-18(15-8-11-24-12-9-15)19(23)21-10-4-7-16(21)13-17(22)14-5-2-1-3-6-14/h1-3,5-6,15-18,22H,4,7-13,20H2. The van der Waals surface area contributed by atoms with Crippen molar-refractivity contribution in [2.75, 3.05) is 19.8 Å². The van der Waals surface area contributed by atoms with Crippen LogP contribution in [0.1, 0.15) is 43.8 Å². The van der Waals surface area contributed by atoms with E-state index in [9.17, 15) is 9.90 Å². The summed E-state index contributed by atoms with van der Waals surface area (Å²) in [5, 5.41) is 10.5. The van der Waals surface area contributed by atoms with Gasteiger partial charge in [0.05, 0.1) is 12.1 Å². The fourth-order valence-corrected chi connectivity index (χ4v) is 3.91. The van der Waals surface area contributed by atoms with Gasteiger partial charge in [-0.05, 0) is 43.6 Å². The Bertz CT molecular complexity index is 531. The molecular weight excluding hydrogens is 304 g/mol. The first-order valence-corrected chi connectivity index (χ1v) is 9.03. The van der Waals surface area contributed by atoms with Gasteiger partial charge in [0, 0.05) is 25.8 Å². The number of nitrogens with two attached hydrogens (primary N) is 1. The van der Waals surface area contributed by atoms with Gasteiger partial charge in [-0.3, -0.25) is 4.79 Å². The van der Waals surface area contributed by atoms with E-state index in [4.69, 9.17) is 10.5 Å². The molecule has 2 heterocycles. The molecule has 0 aliphatic carbocycles. The molecule has 2 aliphatic heterocycles. The number of likely N-dealkylation sites (tertiary alicyclic amines) is 1. The van der Waals surface area contributed by atoms with E-state index in [0.29, 0.717) is 19.6 Å². The second kappa shape index (κ2) is 8.10. The topological polar surface area (TPSA) is 75.8 Å². The van der Waals surface area contributed by atoms with Crippen LogP contribution in [0, 0.1) is 5.92 Å². The minimum atomic E-state index is -0.538. The third-order valence-corrected chi connectivity index (χ3v) is 5.40. The van der Waals surface area contributed by atoms with Crippen LogP contribution in [0.15, 0.2) is 30.3 Å². The van der Waals surface area contributed by atoms with Gasteiger partial charge in [-0.15, -0.1) is 0 Å². The van der Waals surface area contributed by atoms with E-state index in [2.05, 4.69) is 0 Å². The third kappa shape index (κ3) is 3.97. The molecule has 3 rings (SSSR count). The molecule has 1 aromatic carbocycles. The van der Waals surface area contributed by atoms with Crippen molar-refractivity contribution >= 4 is 5.91 Å². The fourth-order valence-electron chi connectivity index (χ4n) is 3.91. The molecule has 2 aliphatic rings. The van der Waals surface area contributed by atoms with Gasteiger partial charge in [0.2, 0.25) is 5.91 Å². The molecule has 132 valence electrons. The number of hydrogen-bond donors (Lipinski definition) is 2. The Kier molecular flexibility index (Phi) is 5.87. The monoisotopic (exact) mass is 332 g/mol. The van der Waals surface area contributed by atoms with Crippen molar-refractivity contribution in [1.29, 1.82) is 0 Å². The molecule has 1 aromatic rings. The van der Waals surface area contributed by atoms with Gasteiger partial charge in [0.1, 0.15) is 0 Å². The van der Waals surface area contributed by atoms with Crippen molar-refractivity contribution in [3.05, 3.63) is 35.9 Å². The quantitative estimate of drug-likeness (QED) is 0.863. The molecule has 0 aromatic heterocycles. The van der Waals surface area contributed by atoms with E-state index in [1.165, 1.54) is 0 Å². The zero-order valence-corrected chi connectivity index (χ0v) is 14.1. The summed E-state index contributed by atoms with van der Waals surface area (Å²) >= 11 is 0. The number of nitrogens with zero attached hydrogens (tertiary/aromatic N) is 1. The Hall–Kier alpha value is -1.43. The molecule has 1 amide bonds. The minimum absolute atomic E-state index is 0.0460. The largest absolute Gasteiger partial charge is 0.388 e. The molecule has 0 spiro atoms. The number of aliphatic hydroxyl groups is 1. The summed E-state index contributed by atoms with van der Waals surface area (Å²) in [6, 6.07) is 9.30. The maximum absolute atomic E-state index is 12.9. The number of hydrogen-bond acceptors (Lipinski definition) is 4. The molecule has 2 saturated heterocycles. The van der Waals surface area contributed by atoms with Crippen LogP contribution in [0.3, 0.4) is 0 Å². The molecule has 0 radical (unpaired) electrons. The molecule has 0 saturated carbocycles. The van der Waals surface area contributed by atoms with Crippen LogP contribution in [0.4, 0.5) is 0 Å². The lowest BCUT2D eigenvalue weighted by atomic mass is 9.91. The summed E-state index contributed by atoms with van der Waals surface area (Å²) < 4.78 is 5.36. The smallest absolute Gasteiger partial charge is 0.240 e. The lowest BCUT2D eigenvalue weighted by molar-refractivity contribution is -0.136. The van der Waals surface area contributed by atoms with E-state index in [-0.39, 0.29) is 17.9 Å². The van der Waals surface area contributed by atoms with Crippen molar-refractivity contribution in [2.45, 2.75) is 50.3 Å². The maximum atomic E-state index is 12.9. The molecule has 3 unspecified atom stereocenters. The van der Waals surface area contributed by atoms with Crippen LogP contribution in [0.2, 0.25) is 0 Å². The van der Waals surface area contributed by atoms with E-state index in [0.717, 1.165) is 37.8 Å². The Morgan fingerprint density at radius 3 is 2.67 bits per heavy atom. The van der Waals surface area contributed by atoms with E-state index in [1.54, 1.807) is 0 Å². The first-order chi connectivity index (χ1) is 11.7. The van der Waals surface area contributed by atoms with E-state index >= 15 is 0 Å². The van der Waals surface area contributed by atoms with Crippen LogP contribution in [0.5, 0.6) is 0 Å². The highest BCUT2D eigenvalue weighted by Crippen LogP contribution is 2.29. The highest BCUT2D eigenvalue weighted by atomic mass is 16.5. The predicted molar refractivity (Wildman–Crippen MR) is 92.3 cm³/mol.